The van der Waals surface area contributed by atoms with Crippen LogP contribution in [-0.4, -0.2) is 27.4 Å². The maximum absolute atomic E-state index is 7.74. The topological polar surface area (TPSA) is 81.0 Å². The van der Waals surface area contributed by atoms with E-state index in [1.165, 1.54) is 28.0 Å². The fraction of sp³-hybridized carbons (Fsp3) is 0.221. The van der Waals surface area contributed by atoms with Crippen molar-refractivity contribution in [2.24, 2.45) is 28.2 Å². The molecule has 93 heavy (non-hydrogen) atoms. The first kappa shape index (κ1) is 51.7. The minimum absolute atomic E-state index is 0.00149. The molecule has 0 bridgehead atoms. The number of allylic oxidation sites excluding steroid dienone is 4. The molecule has 462 valence electrons. The molecule has 0 unspecified atom stereocenters. The zero-order valence-electron chi connectivity index (χ0n) is 64.4. The number of fused-ring (bicyclic) bond motifs is 12. The Hall–Kier alpha value is -9.94. The SMILES string of the molecule is CB1c2oc3ccccc3c2C=C(C)N1c1cc(C)cc[n+]1C.[2H]C([2H])([2H])c1c[n+](C)c(N2B(C)c3oc4ccccc4c3C=C2C)cc1C.[2H]C([2H])([2H])c1ccc(N2B(C)c3c(oc4ccccc34)C=C2C)[n+](C)c1.[2H]C([2H])([2H])c1ccc(N2B(C)c3oc4ccccc4c3C=C2C)[n+](C)c1. The summed E-state index contributed by atoms with van der Waals surface area (Å²) in [5, 5.41) is 4.56. The van der Waals surface area contributed by atoms with Gasteiger partial charge in [-0.3, -0.25) is 19.2 Å². The van der Waals surface area contributed by atoms with Gasteiger partial charge in [0, 0.05) is 86.4 Å². The van der Waals surface area contributed by atoms with Crippen LogP contribution in [0.4, 0.5) is 23.3 Å². The van der Waals surface area contributed by atoms with Crippen molar-refractivity contribution in [1.82, 2.24) is 0 Å². The van der Waals surface area contributed by atoms with E-state index in [9.17, 15) is 0 Å². The fourth-order valence-corrected chi connectivity index (χ4v) is 14.1. The molecule has 16 rings (SSSR count). The van der Waals surface area contributed by atoms with Crippen molar-refractivity contribution in [2.75, 3.05) is 19.2 Å². The Bertz CT molecular complexity index is 5430. The van der Waals surface area contributed by atoms with Gasteiger partial charge in [-0.25, -0.2) is 18.3 Å². The van der Waals surface area contributed by atoms with Crippen LogP contribution in [0.1, 0.15) is 90.3 Å². The normalized spacial score (nSPS) is 16.0. The van der Waals surface area contributed by atoms with Crippen LogP contribution >= 0.6 is 0 Å². The number of hydrogen-bond donors (Lipinski definition) is 0. The Balaban J connectivity index is 0.000000122. The van der Waals surface area contributed by atoms with E-state index < -0.39 is 20.6 Å². The van der Waals surface area contributed by atoms with Crippen LogP contribution in [0.15, 0.2) is 205 Å². The maximum atomic E-state index is 7.74. The molecular weight excluding hydrogens is 1140 g/mol. The van der Waals surface area contributed by atoms with Gasteiger partial charge in [0.15, 0.2) is 0 Å². The van der Waals surface area contributed by atoms with E-state index in [0.717, 1.165) is 118 Å². The molecule has 16 heteroatoms. The first-order valence-electron chi connectivity index (χ1n) is 36.2. The first-order valence-corrected chi connectivity index (χ1v) is 31.7. The smallest absolute Gasteiger partial charge is 0.447 e. The van der Waals surface area contributed by atoms with Crippen molar-refractivity contribution in [2.45, 2.75) is 89.4 Å². The van der Waals surface area contributed by atoms with Crippen LogP contribution in [0.2, 0.25) is 27.3 Å². The number of rotatable bonds is 4. The van der Waals surface area contributed by atoms with Crippen LogP contribution in [0.5, 0.6) is 0 Å². The number of nitrogens with zero attached hydrogens (tertiary/aromatic N) is 8. The number of aromatic nitrogens is 4. The predicted octanol–water partition coefficient (Wildman–Crippen LogP) is 13.4. The summed E-state index contributed by atoms with van der Waals surface area (Å²) in [6.45, 7) is 14.8. The molecule has 0 saturated heterocycles. The van der Waals surface area contributed by atoms with Gasteiger partial charge in [0.25, 0.3) is 23.3 Å². The van der Waals surface area contributed by atoms with Gasteiger partial charge in [-0.2, -0.15) is 0 Å². The van der Waals surface area contributed by atoms with Crippen molar-refractivity contribution in [3.8, 4) is 0 Å². The zero-order valence-corrected chi connectivity index (χ0v) is 55.4. The van der Waals surface area contributed by atoms with Gasteiger partial charge in [0.05, 0.1) is 75.8 Å². The Labute approximate surface area is 561 Å². The Kier molecular flexibility index (Phi) is 13.7. The van der Waals surface area contributed by atoms with Crippen molar-refractivity contribution in [3.05, 3.63) is 237 Å². The van der Waals surface area contributed by atoms with Crippen molar-refractivity contribution < 1.29 is 48.3 Å². The minimum Gasteiger partial charge on any atom is -0.465 e. The summed E-state index contributed by atoms with van der Waals surface area (Å²) in [4.78, 5) is 8.93. The Morgan fingerprint density at radius 1 is 0.355 bits per heavy atom. The molecule has 0 fully saturated rings. The highest BCUT2D eigenvalue weighted by Gasteiger charge is 2.44. The molecule has 0 aliphatic carbocycles. The summed E-state index contributed by atoms with van der Waals surface area (Å²) in [7, 11) is 7.73. The van der Waals surface area contributed by atoms with Crippen molar-refractivity contribution >= 4 is 141 Å². The molecule has 4 aliphatic rings. The van der Waals surface area contributed by atoms with Gasteiger partial charge in [0.2, 0.25) is 0 Å². The quantitative estimate of drug-likeness (QED) is 0.127. The second kappa shape index (κ2) is 24.6. The molecule has 0 spiro atoms. The lowest BCUT2D eigenvalue weighted by Crippen LogP contribution is -2.52. The number of anilines is 4. The number of aryl methyl sites for hydroxylation is 9. The lowest BCUT2D eigenvalue weighted by molar-refractivity contribution is -0.658. The molecule has 4 aromatic carbocycles. The van der Waals surface area contributed by atoms with Crippen LogP contribution in [-0.2, 0) is 28.2 Å². The Morgan fingerprint density at radius 3 is 1.18 bits per heavy atom. The highest BCUT2D eigenvalue weighted by molar-refractivity contribution is 6.80. The molecule has 0 atom stereocenters. The lowest BCUT2D eigenvalue weighted by atomic mass is 9.53. The molecule has 12 aromatic rings. The zero-order chi connectivity index (χ0) is 72.9. The third kappa shape index (κ3) is 11.2. The number of furan rings is 4. The lowest BCUT2D eigenvalue weighted by Gasteiger charge is -2.26. The molecule has 12 heterocycles. The average Bonchev–Trinajstić information content (AvgIpc) is 1.55. The summed E-state index contributed by atoms with van der Waals surface area (Å²) in [6, 6.07) is 45.9. The van der Waals surface area contributed by atoms with Crippen LogP contribution < -0.4 is 60.0 Å². The highest BCUT2D eigenvalue weighted by atomic mass is 16.3. The minimum atomic E-state index is -2.12. The summed E-state index contributed by atoms with van der Waals surface area (Å²) < 4.78 is 101. The molecular formula is C77H82B4N8O4+4. The largest absolute Gasteiger partial charge is 0.465 e. The molecule has 4 aliphatic heterocycles. The molecule has 0 radical (unpaired) electrons. The number of benzene rings is 4. The van der Waals surface area contributed by atoms with E-state index in [4.69, 9.17) is 30.0 Å². The van der Waals surface area contributed by atoms with Gasteiger partial charge in [-0.05, 0) is 178 Å². The van der Waals surface area contributed by atoms with Crippen LogP contribution in [0.3, 0.4) is 0 Å². The molecule has 12 nitrogen and oxygen atoms in total. The van der Waals surface area contributed by atoms with E-state index in [2.05, 4.69) is 153 Å². The number of pyridine rings is 4. The molecule has 8 aromatic heterocycles. The molecule has 0 amide bonds. The van der Waals surface area contributed by atoms with E-state index in [0.29, 0.717) is 16.7 Å². The second-order valence-electron chi connectivity index (χ2n) is 25.1. The molecule has 0 saturated carbocycles. The monoisotopic (exact) mass is 1240 g/mol. The van der Waals surface area contributed by atoms with E-state index in [1.54, 1.807) is 30.7 Å². The summed E-state index contributed by atoms with van der Waals surface area (Å²) in [6.07, 6.45) is 15.8. The standard InChI is InChI=1S/C20H22BN2O.3C19H20BN2O/c1-13-10-19(22(5)12-14(13)2)23-15(3)11-17-16-8-6-7-9-18(16)24-20(17)21(23)4;1-13-9-10-18(21(4)12-13)22-14(2)11-16-15-7-5-6-8-17(15)23-19(16)20(22)3;1-13-9-10-18(21(4)12-13)22-14(2)11-17-19(20(22)3)15-7-5-6-8-16(15)23-17;1-13-9-10-21(4)18(11-13)22-14(2)12-16-15-7-5-6-8-17(15)23-19(16)20(22)3/h6-12H,1-5H3;3*5-12H,1-4H3/q4*+1/i2D3;2*1D3;. The van der Waals surface area contributed by atoms with Gasteiger partial charge < -0.3 is 17.7 Å². The second-order valence-corrected chi connectivity index (χ2v) is 25.1. The van der Waals surface area contributed by atoms with Gasteiger partial charge in [-0.15, -0.1) is 0 Å². The number of para-hydroxylation sites is 4. The highest BCUT2D eigenvalue weighted by Crippen LogP contribution is 2.35. The fourth-order valence-electron chi connectivity index (χ4n) is 14.1. The maximum Gasteiger partial charge on any atom is 0.447 e. The summed E-state index contributed by atoms with van der Waals surface area (Å²) in [5.41, 5.74) is 18.7. The van der Waals surface area contributed by atoms with Crippen molar-refractivity contribution in [3.63, 3.8) is 0 Å². The van der Waals surface area contributed by atoms with E-state index >= 15 is 0 Å². The average molecular weight is 1240 g/mol. The van der Waals surface area contributed by atoms with Gasteiger partial charge in [0.1, 0.15) is 45.1 Å². The van der Waals surface area contributed by atoms with Crippen LogP contribution in [0.25, 0.3) is 68.2 Å². The third-order valence-electron chi connectivity index (χ3n) is 18.6. The predicted molar refractivity (Wildman–Crippen MR) is 389 cm³/mol. The van der Waals surface area contributed by atoms with Crippen molar-refractivity contribution in [1.29, 1.82) is 0 Å². The number of hydrogen-bond acceptors (Lipinski definition) is 8. The third-order valence-corrected chi connectivity index (χ3v) is 18.6. The first-order chi connectivity index (χ1) is 48.3. The molecule has 0 N–H and O–H groups in total. The summed E-state index contributed by atoms with van der Waals surface area (Å²) >= 11 is 0. The van der Waals surface area contributed by atoms with E-state index in [1.807, 2.05) is 140 Å². The van der Waals surface area contributed by atoms with Gasteiger partial charge >= 0.3 is 27.4 Å². The van der Waals surface area contributed by atoms with E-state index in [-0.39, 0.29) is 27.4 Å². The van der Waals surface area contributed by atoms with Gasteiger partial charge in [-0.1, -0.05) is 72.8 Å². The van der Waals surface area contributed by atoms with Crippen LogP contribution in [0, 0.1) is 34.4 Å². The Morgan fingerprint density at radius 2 is 0.742 bits per heavy atom. The summed E-state index contributed by atoms with van der Waals surface area (Å²) in [5.74, 6) is 4.87.